The number of hydrogen-bond donors (Lipinski definition) is 2. The topological polar surface area (TPSA) is 87.5 Å². The Bertz CT molecular complexity index is 1190. The van der Waals surface area contributed by atoms with Crippen LogP contribution in [0.25, 0.3) is 11.0 Å². The summed E-state index contributed by atoms with van der Waals surface area (Å²) >= 11 is 0. The number of imidazole rings is 1. The van der Waals surface area contributed by atoms with Gasteiger partial charge >= 0.3 is 5.97 Å². The molecular formula is C23H24F2N4O3. The zero-order valence-corrected chi connectivity index (χ0v) is 17.8. The van der Waals surface area contributed by atoms with E-state index in [-0.39, 0.29) is 29.6 Å². The first-order valence-corrected chi connectivity index (χ1v) is 10.4. The lowest BCUT2D eigenvalue weighted by Gasteiger charge is -2.22. The Labute approximate surface area is 183 Å². The highest BCUT2D eigenvalue weighted by atomic mass is 19.3. The summed E-state index contributed by atoms with van der Waals surface area (Å²) < 4.78 is 30.3. The average Bonchev–Trinajstić information content (AvgIpc) is 3.31. The maximum absolute atomic E-state index is 14.2. The standard InChI is InChI=1S/C23H24F2N4O3/c1-14(30)26-17-9-10-28(13-17)22-27-19-11-15(21(31)32)7-8-20(19)29(22)12-16-5-3-4-6-18(16)23(2,24)25/h3-8,11,17H,9-10,12-13H2,1-2H3,(H,26,30)(H,31,32)/t17-/m0/s1. The second kappa shape index (κ2) is 8.22. The molecule has 4 rings (SSSR count). The van der Waals surface area contributed by atoms with Crippen LogP contribution in [0.3, 0.4) is 0 Å². The quantitative estimate of drug-likeness (QED) is 0.609. The van der Waals surface area contributed by atoms with Gasteiger partial charge in [-0.15, -0.1) is 0 Å². The Hall–Kier alpha value is -3.49. The van der Waals surface area contributed by atoms with Gasteiger partial charge in [-0.3, -0.25) is 4.79 Å². The number of carboxylic acids is 1. The molecule has 168 valence electrons. The van der Waals surface area contributed by atoms with E-state index in [0.717, 1.165) is 13.3 Å². The van der Waals surface area contributed by atoms with Crippen molar-refractivity contribution in [3.05, 3.63) is 59.2 Å². The van der Waals surface area contributed by atoms with Crippen LogP contribution < -0.4 is 10.2 Å². The third-order valence-electron chi connectivity index (χ3n) is 5.67. The van der Waals surface area contributed by atoms with Crippen molar-refractivity contribution in [2.45, 2.75) is 38.8 Å². The molecule has 1 saturated heterocycles. The number of benzene rings is 2. The van der Waals surface area contributed by atoms with Gasteiger partial charge in [-0.25, -0.2) is 18.6 Å². The molecule has 2 aromatic carbocycles. The normalized spacial score (nSPS) is 16.5. The SMILES string of the molecule is CC(=O)N[C@H]1CCN(c2nc3cc(C(=O)O)ccc3n2Cc2ccccc2C(C)(F)F)C1. The molecule has 1 atom stereocenters. The van der Waals surface area contributed by atoms with Gasteiger partial charge in [-0.2, -0.15) is 0 Å². The van der Waals surface area contributed by atoms with Crippen molar-refractivity contribution < 1.29 is 23.5 Å². The number of alkyl halides is 2. The molecule has 32 heavy (non-hydrogen) atoms. The van der Waals surface area contributed by atoms with Crippen molar-refractivity contribution in [2.75, 3.05) is 18.0 Å². The minimum absolute atomic E-state index is 0.0393. The number of fused-ring (bicyclic) bond motifs is 1. The average molecular weight is 442 g/mol. The molecule has 0 radical (unpaired) electrons. The molecule has 0 saturated carbocycles. The molecule has 0 spiro atoms. The van der Waals surface area contributed by atoms with Crippen LogP contribution in [0.2, 0.25) is 0 Å². The number of carbonyl (C=O) groups excluding carboxylic acids is 1. The second-order valence-corrected chi connectivity index (χ2v) is 8.18. The molecule has 7 nitrogen and oxygen atoms in total. The van der Waals surface area contributed by atoms with E-state index in [1.54, 1.807) is 24.3 Å². The van der Waals surface area contributed by atoms with Crippen molar-refractivity contribution in [1.29, 1.82) is 0 Å². The summed E-state index contributed by atoms with van der Waals surface area (Å²) in [5, 5.41) is 12.2. The third kappa shape index (κ3) is 4.28. The highest BCUT2D eigenvalue weighted by Gasteiger charge is 2.30. The number of hydrogen-bond acceptors (Lipinski definition) is 4. The Morgan fingerprint density at radius 3 is 2.69 bits per heavy atom. The first-order chi connectivity index (χ1) is 15.1. The number of halogens is 2. The van der Waals surface area contributed by atoms with E-state index in [2.05, 4.69) is 10.3 Å². The summed E-state index contributed by atoms with van der Waals surface area (Å²) in [6, 6.07) is 11.0. The molecule has 2 heterocycles. The molecule has 1 aliphatic heterocycles. The van der Waals surface area contributed by atoms with Crippen molar-refractivity contribution >= 4 is 28.9 Å². The van der Waals surface area contributed by atoms with Crippen LogP contribution in [0.4, 0.5) is 14.7 Å². The van der Waals surface area contributed by atoms with Crippen molar-refractivity contribution in [3.63, 3.8) is 0 Å². The number of rotatable bonds is 6. The highest BCUT2D eigenvalue weighted by Crippen LogP contribution is 2.33. The molecule has 2 N–H and O–H groups in total. The summed E-state index contributed by atoms with van der Waals surface area (Å²) in [5.74, 6) is -3.63. The number of amides is 1. The number of anilines is 1. The smallest absolute Gasteiger partial charge is 0.335 e. The van der Waals surface area contributed by atoms with Gasteiger partial charge in [0, 0.05) is 38.5 Å². The van der Waals surface area contributed by atoms with Gasteiger partial charge in [0.05, 0.1) is 23.1 Å². The molecule has 0 aliphatic carbocycles. The summed E-state index contributed by atoms with van der Waals surface area (Å²) in [6.45, 7) is 3.65. The van der Waals surface area contributed by atoms with Crippen molar-refractivity contribution in [2.24, 2.45) is 0 Å². The van der Waals surface area contributed by atoms with Gasteiger partial charge in [0.15, 0.2) is 0 Å². The summed E-state index contributed by atoms with van der Waals surface area (Å²) in [4.78, 5) is 29.5. The number of carbonyl (C=O) groups is 2. The molecular weight excluding hydrogens is 418 g/mol. The number of aromatic nitrogens is 2. The zero-order chi connectivity index (χ0) is 23.0. The Balaban J connectivity index is 1.79. The van der Waals surface area contributed by atoms with Gasteiger partial charge in [0.25, 0.3) is 5.92 Å². The fraction of sp³-hybridized carbons (Fsp3) is 0.348. The lowest BCUT2D eigenvalue weighted by atomic mass is 10.0. The Kier molecular flexibility index (Phi) is 5.58. The number of aromatic carboxylic acids is 1. The van der Waals surface area contributed by atoms with Crippen LogP contribution in [-0.2, 0) is 17.3 Å². The van der Waals surface area contributed by atoms with Crippen LogP contribution >= 0.6 is 0 Å². The second-order valence-electron chi connectivity index (χ2n) is 8.18. The van der Waals surface area contributed by atoms with Crippen LogP contribution in [0.1, 0.15) is 41.8 Å². The summed E-state index contributed by atoms with van der Waals surface area (Å²) in [7, 11) is 0. The van der Waals surface area contributed by atoms with Gasteiger partial charge in [-0.1, -0.05) is 24.3 Å². The molecule has 1 aliphatic rings. The minimum Gasteiger partial charge on any atom is -0.478 e. The molecule has 0 bridgehead atoms. The third-order valence-corrected chi connectivity index (χ3v) is 5.67. The number of nitrogens with zero attached hydrogens (tertiary/aromatic N) is 3. The molecule has 0 unspecified atom stereocenters. The predicted octanol–water partition coefficient (Wildman–Crippen LogP) is 3.61. The summed E-state index contributed by atoms with van der Waals surface area (Å²) in [5.41, 5.74) is 1.63. The fourth-order valence-corrected chi connectivity index (χ4v) is 4.25. The van der Waals surface area contributed by atoms with Crippen LogP contribution in [0.15, 0.2) is 42.5 Å². The van der Waals surface area contributed by atoms with Crippen molar-refractivity contribution in [1.82, 2.24) is 14.9 Å². The van der Waals surface area contributed by atoms with E-state index in [9.17, 15) is 23.5 Å². The molecule has 1 fully saturated rings. The van der Waals surface area contributed by atoms with Crippen LogP contribution in [0, 0.1) is 0 Å². The molecule has 3 aromatic rings. The fourth-order valence-electron chi connectivity index (χ4n) is 4.25. The van der Waals surface area contributed by atoms with E-state index in [1.165, 1.54) is 25.1 Å². The van der Waals surface area contributed by atoms with E-state index < -0.39 is 11.9 Å². The molecule has 1 amide bonds. The maximum atomic E-state index is 14.2. The van der Waals surface area contributed by atoms with Crippen LogP contribution in [-0.4, -0.2) is 45.7 Å². The first kappa shape index (κ1) is 21.7. The van der Waals surface area contributed by atoms with Gasteiger partial charge in [0.2, 0.25) is 11.9 Å². The monoisotopic (exact) mass is 442 g/mol. The molecule has 1 aromatic heterocycles. The summed E-state index contributed by atoms with van der Waals surface area (Å²) in [6.07, 6.45) is 0.729. The minimum atomic E-state index is -3.01. The lowest BCUT2D eigenvalue weighted by molar-refractivity contribution is -0.119. The number of carboxylic acid groups (broad SMARTS) is 1. The van der Waals surface area contributed by atoms with Gasteiger partial charge in [0.1, 0.15) is 0 Å². The van der Waals surface area contributed by atoms with E-state index in [4.69, 9.17) is 0 Å². The largest absolute Gasteiger partial charge is 0.478 e. The predicted molar refractivity (Wildman–Crippen MR) is 116 cm³/mol. The first-order valence-electron chi connectivity index (χ1n) is 10.4. The van der Waals surface area contributed by atoms with E-state index >= 15 is 0 Å². The number of nitrogens with one attached hydrogen (secondary N) is 1. The van der Waals surface area contributed by atoms with E-state index in [1.807, 2.05) is 9.47 Å². The van der Waals surface area contributed by atoms with Gasteiger partial charge in [-0.05, 0) is 30.2 Å². The Morgan fingerprint density at radius 2 is 2.00 bits per heavy atom. The van der Waals surface area contributed by atoms with Crippen LogP contribution in [0.5, 0.6) is 0 Å². The maximum Gasteiger partial charge on any atom is 0.335 e. The van der Waals surface area contributed by atoms with Crippen molar-refractivity contribution in [3.8, 4) is 0 Å². The van der Waals surface area contributed by atoms with E-state index in [0.29, 0.717) is 35.6 Å². The lowest BCUT2D eigenvalue weighted by Crippen LogP contribution is -2.36. The Morgan fingerprint density at radius 1 is 1.25 bits per heavy atom. The zero-order valence-electron chi connectivity index (χ0n) is 17.8. The highest BCUT2D eigenvalue weighted by molar-refractivity contribution is 5.93. The molecule has 9 heteroatoms. The van der Waals surface area contributed by atoms with Gasteiger partial charge < -0.3 is 19.9 Å².